The summed E-state index contributed by atoms with van der Waals surface area (Å²) >= 11 is 0. The monoisotopic (exact) mass is 302 g/mol. The first-order valence-electron chi connectivity index (χ1n) is 8.68. The second-order valence-electron chi connectivity index (χ2n) is 6.53. The topological polar surface area (TPSA) is 38.8 Å². The molecule has 2 atom stereocenters. The highest BCUT2D eigenvalue weighted by Gasteiger charge is 2.76. The fourth-order valence-corrected chi connectivity index (χ4v) is 3.79. The Balaban J connectivity index is 1.65. The van der Waals surface area contributed by atoms with Gasteiger partial charge in [-0.3, -0.25) is 0 Å². The van der Waals surface area contributed by atoms with Crippen molar-refractivity contribution in [3.8, 4) is 0 Å². The van der Waals surface area contributed by atoms with Gasteiger partial charge in [0, 0.05) is 0 Å². The van der Waals surface area contributed by atoms with E-state index in [9.17, 15) is 4.79 Å². The lowest BCUT2D eigenvalue weighted by Crippen LogP contribution is -2.37. The van der Waals surface area contributed by atoms with Crippen molar-refractivity contribution in [1.29, 1.82) is 0 Å². The maximum absolute atomic E-state index is 12.6. The van der Waals surface area contributed by atoms with Gasteiger partial charge in [-0.25, -0.2) is 4.79 Å². The molecule has 2 aliphatic rings. The van der Waals surface area contributed by atoms with Crippen LogP contribution in [0.15, 0.2) is 30.3 Å². The number of esters is 1. The van der Waals surface area contributed by atoms with Crippen LogP contribution in [0.4, 0.5) is 0 Å². The minimum atomic E-state index is -0.711. The molecule has 0 radical (unpaired) electrons. The van der Waals surface area contributed by atoms with Gasteiger partial charge in [0.05, 0.1) is 6.61 Å². The van der Waals surface area contributed by atoms with E-state index in [1.165, 1.54) is 12.8 Å². The lowest BCUT2D eigenvalue weighted by atomic mass is 9.75. The third kappa shape index (κ3) is 2.56. The maximum Gasteiger partial charge on any atom is 0.341 e. The van der Waals surface area contributed by atoms with Gasteiger partial charge in [-0.15, -0.1) is 0 Å². The van der Waals surface area contributed by atoms with E-state index in [1.807, 2.05) is 18.2 Å². The van der Waals surface area contributed by atoms with Crippen molar-refractivity contribution in [2.24, 2.45) is 0 Å². The van der Waals surface area contributed by atoms with Crippen LogP contribution in [-0.2, 0) is 19.9 Å². The highest BCUT2D eigenvalue weighted by Crippen LogP contribution is 2.64. The first kappa shape index (κ1) is 15.5. The molecule has 0 amide bonds. The zero-order chi connectivity index (χ0) is 15.5. The SMILES string of the molecule is CCCCCCOC(=O)C12CCCCC1(c1ccccc1)O2. The summed E-state index contributed by atoms with van der Waals surface area (Å²) in [6, 6.07) is 10.2. The lowest BCUT2D eigenvalue weighted by Gasteiger charge is -2.24. The number of fused-ring (bicyclic) bond motifs is 1. The highest BCUT2D eigenvalue weighted by molar-refractivity contribution is 5.85. The lowest BCUT2D eigenvalue weighted by molar-refractivity contribution is -0.150. The Morgan fingerprint density at radius 1 is 1.14 bits per heavy atom. The Bertz CT molecular complexity index is 513. The average Bonchev–Trinajstić information content (AvgIpc) is 3.27. The van der Waals surface area contributed by atoms with E-state index < -0.39 is 11.2 Å². The summed E-state index contributed by atoms with van der Waals surface area (Å²) < 4.78 is 11.7. The molecular formula is C19H26O3. The predicted molar refractivity (Wildman–Crippen MR) is 85.5 cm³/mol. The Hall–Kier alpha value is -1.35. The van der Waals surface area contributed by atoms with E-state index in [2.05, 4.69) is 19.1 Å². The first-order chi connectivity index (χ1) is 10.8. The summed E-state index contributed by atoms with van der Waals surface area (Å²) in [6.07, 6.45) is 8.33. The number of benzene rings is 1. The normalized spacial score (nSPS) is 29.7. The average molecular weight is 302 g/mol. The molecule has 1 aromatic carbocycles. The Kier molecular flexibility index (Phi) is 4.53. The van der Waals surface area contributed by atoms with Crippen LogP contribution >= 0.6 is 0 Å². The summed E-state index contributed by atoms with van der Waals surface area (Å²) in [6.45, 7) is 2.70. The smallest absolute Gasteiger partial charge is 0.341 e. The van der Waals surface area contributed by atoms with Crippen LogP contribution in [0.25, 0.3) is 0 Å². The molecule has 1 saturated carbocycles. The molecule has 0 bridgehead atoms. The quantitative estimate of drug-likeness (QED) is 0.427. The molecule has 3 rings (SSSR count). The molecule has 1 aromatic rings. The van der Waals surface area contributed by atoms with Crippen molar-refractivity contribution >= 4 is 5.97 Å². The number of carbonyl (C=O) groups is 1. The van der Waals surface area contributed by atoms with Crippen LogP contribution < -0.4 is 0 Å². The van der Waals surface area contributed by atoms with Crippen LogP contribution in [0, 0.1) is 0 Å². The zero-order valence-electron chi connectivity index (χ0n) is 13.5. The standard InChI is InChI=1S/C19H26O3/c1-2-3-4-10-15-21-17(20)19-14-9-8-13-18(19,22-19)16-11-6-5-7-12-16/h5-7,11-12H,2-4,8-10,13-15H2,1H3. The molecule has 22 heavy (non-hydrogen) atoms. The molecule has 0 N–H and O–H groups in total. The van der Waals surface area contributed by atoms with Crippen LogP contribution in [0.1, 0.15) is 63.9 Å². The van der Waals surface area contributed by atoms with Crippen molar-refractivity contribution in [3.63, 3.8) is 0 Å². The van der Waals surface area contributed by atoms with Crippen molar-refractivity contribution in [2.45, 2.75) is 69.5 Å². The second kappa shape index (κ2) is 6.41. The molecule has 2 unspecified atom stereocenters. The molecular weight excluding hydrogens is 276 g/mol. The van der Waals surface area contributed by atoms with Crippen LogP contribution in [0.2, 0.25) is 0 Å². The molecule has 1 saturated heterocycles. The maximum atomic E-state index is 12.6. The Morgan fingerprint density at radius 2 is 1.91 bits per heavy atom. The van der Waals surface area contributed by atoms with E-state index in [0.717, 1.165) is 44.1 Å². The van der Waals surface area contributed by atoms with Crippen molar-refractivity contribution in [3.05, 3.63) is 35.9 Å². The van der Waals surface area contributed by atoms with Gasteiger partial charge < -0.3 is 9.47 Å². The highest BCUT2D eigenvalue weighted by atomic mass is 16.7. The molecule has 3 nitrogen and oxygen atoms in total. The molecule has 1 heterocycles. The third-order valence-electron chi connectivity index (χ3n) is 5.07. The molecule has 120 valence electrons. The minimum Gasteiger partial charge on any atom is -0.463 e. The van der Waals surface area contributed by atoms with Crippen molar-refractivity contribution < 1.29 is 14.3 Å². The zero-order valence-corrected chi connectivity index (χ0v) is 13.5. The Morgan fingerprint density at radius 3 is 2.68 bits per heavy atom. The van der Waals surface area contributed by atoms with Gasteiger partial charge in [0.1, 0.15) is 5.60 Å². The van der Waals surface area contributed by atoms with Gasteiger partial charge in [0.2, 0.25) is 0 Å². The van der Waals surface area contributed by atoms with Crippen LogP contribution in [0.3, 0.4) is 0 Å². The Labute approximate surface area is 133 Å². The van der Waals surface area contributed by atoms with Gasteiger partial charge in [-0.05, 0) is 37.7 Å². The van der Waals surface area contributed by atoms with E-state index in [0.29, 0.717) is 6.61 Å². The molecule has 3 heteroatoms. The molecule has 2 fully saturated rings. The fourth-order valence-electron chi connectivity index (χ4n) is 3.79. The number of carbonyl (C=O) groups excluding carboxylic acids is 1. The fraction of sp³-hybridized carbons (Fsp3) is 0.632. The predicted octanol–water partition coefficient (Wildman–Crippen LogP) is 4.35. The van der Waals surface area contributed by atoms with E-state index >= 15 is 0 Å². The number of rotatable bonds is 7. The largest absolute Gasteiger partial charge is 0.463 e. The van der Waals surface area contributed by atoms with Crippen molar-refractivity contribution in [1.82, 2.24) is 0 Å². The number of hydrogen-bond acceptors (Lipinski definition) is 3. The number of ether oxygens (including phenoxy) is 2. The molecule has 0 spiro atoms. The second-order valence-corrected chi connectivity index (χ2v) is 6.53. The van der Waals surface area contributed by atoms with Crippen LogP contribution in [0.5, 0.6) is 0 Å². The van der Waals surface area contributed by atoms with E-state index in [1.54, 1.807) is 0 Å². The van der Waals surface area contributed by atoms with Gasteiger partial charge in [0.15, 0.2) is 5.60 Å². The minimum absolute atomic E-state index is 0.146. The summed E-state index contributed by atoms with van der Waals surface area (Å²) in [5.41, 5.74) is -0.0117. The molecule has 1 aliphatic heterocycles. The van der Waals surface area contributed by atoms with E-state index in [-0.39, 0.29) is 5.97 Å². The third-order valence-corrected chi connectivity index (χ3v) is 5.07. The first-order valence-corrected chi connectivity index (χ1v) is 8.68. The number of epoxide rings is 1. The summed E-state index contributed by atoms with van der Waals surface area (Å²) in [5.74, 6) is -0.146. The number of unbranched alkanes of at least 4 members (excludes halogenated alkanes) is 3. The molecule has 0 aromatic heterocycles. The summed E-state index contributed by atoms with van der Waals surface area (Å²) in [4.78, 5) is 12.6. The summed E-state index contributed by atoms with van der Waals surface area (Å²) in [5, 5.41) is 0. The number of hydrogen-bond donors (Lipinski definition) is 0. The van der Waals surface area contributed by atoms with Gasteiger partial charge in [-0.2, -0.15) is 0 Å². The molecule has 1 aliphatic carbocycles. The van der Waals surface area contributed by atoms with Crippen molar-refractivity contribution in [2.75, 3.05) is 6.61 Å². The van der Waals surface area contributed by atoms with Gasteiger partial charge in [-0.1, -0.05) is 56.5 Å². The van der Waals surface area contributed by atoms with Crippen LogP contribution in [-0.4, -0.2) is 18.2 Å². The summed E-state index contributed by atoms with van der Waals surface area (Å²) in [7, 11) is 0. The van der Waals surface area contributed by atoms with Gasteiger partial charge >= 0.3 is 5.97 Å². The van der Waals surface area contributed by atoms with E-state index in [4.69, 9.17) is 9.47 Å². The van der Waals surface area contributed by atoms with Gasteiger partial charge in [0.25, 0.3) is 0 Å².